The molecule has 3 rings (SSSR count). The zero-order valence-electron chi connectivity index (χ0n) is 12.3. The Morgan fingerprint density at radius 1 is 1.52 bits per heavy atom. The van der Waals surface area contributed by atoms with Crippen molar-refractivity contribution in [2.75, 3.05) is 26.9 Å². The summed E-state index contributed by atoms with van der Waals surface area (Å²) in [5, 5.41) is 3.22. The maximum Gasteiger partial charge on any atom is 0.217 e. The van der Waals surface area contributed by atoms with E-state index in [1.807, 2.05) is 13.0 Å². The van der Waals surface area contributed by atoms with Crippen LogP contribution in [0, 0.1) is 6.92 Å². The Morgan fingerprint density at radius 2 is 2.43 bits per heavy atom. The van der Waals surface area contributed by atoms with Gasteiger partial charge in [-0.05, 0) is 13.0 Å². The molecule has 0 spiro atoms. The summed E-state index contributed by atoms with van der Waals surface area (Å²) in [5.74, 6) is 0.692. The van der Waals surface area contributed by atoms with Crippen LogP contribution in [0.4, 0.5) is 0 Å². The summed E-state index contributed by atoms with van der Waals surface area (Å²) in [5.41, 5.74) is 2.19. The van der Waals surface area contributed by atoms with Crippen LogP contribution in [0.3, 0.4) is 0 Å². The first-order valence-electron chi connectivity index (χ1n) is 6.99. The van der Waals surface area contributed by atoms with Gasteiger partial charge in [-0.1, -0.05) is 6.07 Å². The van der Waals surface area contributed by atoms with Gasteiger partial charge in [-0.25, -0.2) is 9.97 Å². The van der Waals surface area contributed by atoms with Crippen molar-refractivity contribution in [3.8, 4) is 5.88 Å². The molecule has 0 unspecified atom stereocenters. The summed E-state index contributed by atoms with van der Waals surface area (Å²) >= 11 is 1.68. The van der Waals surface area contributed by atoms with Crippen LogP contribution in [0.5, 0.6) is 5.88 Å². The van der Waals surface area contributed by atoms with Crippen LogP contribution >= 0.6 is 11.3 Å². The molecule has 6 heteroatoms. The van der Waals surface area contributed by atoms with Gasteiger partial charge in [0.05, 0.1) is 37.1 Å². The second-order valence-electron chi connectivity index (χ2n) is 5.02. The quantitative estimate of drug-likeness (QED) is 0.868. The Morgan fingerprint density at radius 3 is 3.19 bits per heavy atom. The van der Waals surface area contributed by atoms with E-state index >= 15 is 0 Å². The fourth-order valence-corrected chi connectivity index (χ4v) is 3.24. The maximum absolute atomic E-state index is 5.65. The first-order chi connectivity index (χ1) is 10.3. The van der Waals surface area contributed by atoms with Gasteiger partial charge in [-0.2, -0.15) is 0 Å². The number of aryl methyl sites for hydroxylation is 1. The third-order valence-electron chi connectivity index (χ3n) is 3.63. The van der Waals surface area contributed by atoms with Crippen molar-refractivity contribution in [3.05, 3.63) is 40.0 Å². The molecular weight excluding hydrogens is 286 g/mol. The van der Waals surface area contributed by atoms with E-state index in [-0.39, 0.29) is 6.04 Å². The lowest BCUT2D eigenvalue weighted by Crippen LogP contribution is -2.39. The largest absolute Gasteiger partial charge is 0.481 e. The number of nitrogens with zero attached hydrogens (tertiary/aromatic N) is 3. The van der Waals surface area contributed by atoms with Crippen molar-refractivity contribution in [1.82, 2.24) is 14.9 Å². The highest BCUT2D eigenvalue weighted by molar-refractivity contribution is 7.09. The van der Waals surface area contributed by atoms with Crippen molar-refractivity contribution in [2.45, 2.75) is 19.5 Å². The molecule has 0 saturated carbocycles. The fraction of sp³-hybridized carbons (Fsp3) is 0.467. The average Bonchev–Trinajstić information content (AvgIpc) is 2.95. The highest BCUT2D eigenvalue weighted by Gasteiger charge is 2.27. The average molecular weight is 305 g/mol. The van der Waals surface area contributed by atoms with Gasteiger partial charge < -0.3 is 9.47 Å². The molecule has 0 radical (unpaired) electrons. The first kappa shape index (κ1) is 14.4. The minimum atomic E-state index is 0.202. The molecule has 0 aromatic carbocycles. The Hall–Kier alpha value is -1.50. The number of methoxy groups -OCH3 is 1. The van der Waals surface area contributed by atoms with Gasteiger partial charge in [-0.3, -0.25) is 4.90 Å². The zero-order valence-corrected chi connectivity index (χ0v) is 13.1. The van der Waals surface area contributed by atoms with E-state index in [9.17, 15) is 0 Å². The van der Waals surface area contributed by atoms with Crippen LogP contribution in [0.2, 0.25) is 0 Å². The lowest BCUT2D eigenvalue weighted by Gasteiger charge is -2.34. The number of pyridine rings is 1. The molecular formula is C15H19N3O2S. The normalized spacial score (nSPS) is 19.6. The number of morpholine rings is 1. The Balaban J connectivity index is 1.81. The van der Waals surface area contributed by atoms with Gasteiger partial charge in [0.1, 0.15) is 0 Å². The van der Waals surface area contributed by atoms with Crippen molar-refractivity contribution >= 4 is 11.3 Å². The van der Waals surface area contributed by atoms with Crippen molar-refractivity contribution in [2.24, 2.45) is 0 Å². The van der Waals surface area contributed by atoms with Gasteiger partial charge in [0.25, 0.3) is 0 Å². The molecule has 1 saturated heterocycles. The maximum atomic E-state index is 5.65. The van der Waals surface area contributed by atoms with Crippen LogP contribution in [0.1, 0.15) is 22.3 Å². The molecule has 1 aliphatic heterocycles. The molecule has 3 heterocycles. The molecule has 2 aromatic heterocycles. The molecule has 1 fully saturated rings. The molecule has 21 heavy (non-hydrogen) atoms. The van der Waals surface area contributed by atoms with Gasteiger partial charge in [0.15, 0.2) is 0 Å². The lowest BCUT2D eigenvalue weighted by molar-refractivity contribution is -0.0144. The number of hydrogen-bond acceptors (Lipinski definition) is 6. The minimum absolute atomic E-state index is 0.202. The van der Waals surface area contributed by atoms with Crippen molar-refractivity contribution in [1.29, 1.82) is 0 Å². The summed E-state index contributed by atoms with van der Waals surface area (Å²) in [6.07, 6.45) is 1.75. The van der Waals surface area contributed by atoms with Crippen LogP contribution in [-0.4, -0.2) is 41.7 Å². The fourth-order valence-electron chi connectivity index (χ4n) is 2.58. The van der Waals surface area contributed by atoms with E-state index in [1.54, 1.807) is 24.6 Å². The predicted molar refractivity (Wildman–Crippen MR) is 81.6 cm³/mol. The molecule has 2 aromatic rings. The number of rotatable bonds is 4. The third-order valence-corrected chi connectivity index (χ3v) is 4.43. The number of hydrogen-bond donors (Lipinski definition) is 0. The number of aromatic nitrogens is 2. The van der Waals surface area contributed by atoms with Crippen LogP contribution in [0.15, 0.2) is 23.7 Å². The van der Waals surface area contributed by atoms with E-state index < -0.39 is 0 Å². The summed E-state index contributed by atoms with van der Waals surface area (Å²) in [6, 6.07) is 4.21. The summed E-state index contributed by atoms with van der Waals surface area (Å²) in [4.78, 5) is 11.3. The predicted octanol–water partition coefficient (Wildman–Crippen LogP) is 2.43. The highest BCUT2D eigenvalue weighted by atomic mass is 32.1. The smallest absolute Gasteiger partial charge is 0.217 e. The lowest BCUT2D eigenvalue weighted by atomic mass is 10.1. The van der Waals surface area contributed by atoms with Gasteiger partial charge in [0, 0.05) is 30.2 Å². The van der Waals surface area contributed by atoms with Gasteiger partial charge >= 0.3 is 0 Å². The van der Waals surface area contributed by atoms with Gasteiger partial charge in [-0.15, -0.1) is 11.3 Å². The molecule has 1 atom stereocenters. The SMILES string of the molecule is COc1ncccc1CN1CCOC[C@H]1c1csc(C)n1. The molecule has 5 nitrogen and oxygen atoms in total. The molecule has 0 bridgehead atoms. The summed E-state index contributed by atoms with van der Waals surface area (Å²) < 4.78 is 11.0. The van der Waals surface area contributed by atoms with Crippen LogP contribution in [0.25, 0.3) is 0 Å². The Labute approximate surface area is 128 Å². The molecule has 1 aliphatic rings. The second kappa shape index (κ2) is 6.51. The van der Waals surface area contributed by atoms with Gasteiger partial charge in [0.2, 0.25) is 5.88 Å². The molecule has 0 N–H and O–H groups in total. The number of thiazole rings is 1. The second-order valence-corrected chi connectivity index (χ2v) is 6.09. The molecule has 0 aliphatic carbocycles. The third kappa shape index (κ3) is 3.23. The first-order valence-corrected chi connectivity index (χ1v) is 7.87. The van der Waals surface area contributed by atoms with Crippen molar-refractivity contribution < 1.29 is 9.47 Å². The van der Waals surface area contributed by atoms with Crippen LogP contribution < -0.4 is 4.74 Å². The van der Waals surface area contributed by atoms with E-state index in [4.69, 9.17) is 9.47 Å². The molecule has 0 amide bonds. The Kier molecular flexibility index (Phi) is 4.48. The van der Waals surface area contributed by atoms with E-state index in [2.05, 4.69) is 26.3 Å². The minimum Gasteiger partial charge on any atom is -0.481 e. The summed E-state index contributed by atoms with van der Waals surface area (Å²) in [7, 11) is 1.66. The molecule has 112 valence electrons. The van der Waals surface area contributed by atoms with Crippen molar-refractivity contribution in [3.63, 3.8) is 0 Å². The van der Waals surface area contributed by atoms with E-state index in [0.29, 0.717) is 12.5 Å². The highest BCUT2D eigenvalue weighted by Crippen LogP contribution is 2.28. The van der Waals surface area contributed by atoms with E-state index in [0.717, 1.165) is 36.0 Å². The standard InChI is InChI=1S/C15H19N3O2S/c1-11-17-13(10-21-11)14-9-20-7-6-18(14)8-12-4-3-5-16-15(12)19-2/h3-5,10,14H,6-9H2,1-2H3/t14-/m0/s1. The zero-order chi connectivity index (χ0) is 14.7. The number of ether oxygens (including phenoxy) is 2. The monoisotopic (exact) mass is 305 g/mol. The van der Waals surface area contributed by atoms with E-state index in [1.165, 1.54) is 0 Å². The topological polar surface area (TPSA) is 47.5 Å². The van der Waals surface area contributed by atoms with Crippen LogP contribution in [-0.2, 0) is 11.3 Å². The Bertz CT molecular complexity index is 602. The summed E-state index contributed by atoms with van der Waals surface area (Å²) in [6.45, 7) is 5.15.